The van der Waals surface area contributed by atoms with E-state index in [1.165, 1.54) is 11.3 Å². The average Bonchev–Trinajstić information content (AvgIpc) is 2.65. The van der Waals surface area contributed by atoms with Crippen molar-refractivity contribution in [1.29, 1.82) is 0 Å². The van der Waals surface area contributed by atoms with Crippen molar-refractivity contribution in [1.82, 2.24) is 0 Å². The molecule has 0 aromatic carbocycles. The molecule has 0 fully saturated rings. The molecule has 0 saturated heterocycles. The molecule has 3 N–H and O–H groups in total. The Balaban J connectivity index is 2.90. The van der Waals surface area contributed by atoms with E-state index in [0.29, 0.717) is 4.88 Å². The van der Waals surface area contributed by atoms with Crippen molar-refractivity contribution in [3.8, 4) is 0 Å². The summed E-state index contributed by atoms with van der Waals surface area (Å²) in [5.74, 6) is -3.47. The van der Waals surface area contributed by atoms with Crippen molar-refractivity contribution in [3.05, 3.63) is 22.4 Å². The van der Waals surface area contributed by atoms with Gasteiger partial charge in [-0.15, -0.1) is 11.3 Å². The fraction of sp³-hybridized carbons (Fsp3) is 0.500. The normalized spacial score (nSPS) is 14.9. The third-order valence-electron chi connectivity index (χ3n) is 2.16. The molecule has 0 aliphatic heterocycles. The maximum Gasteiger partial charge on any atom is 0.322 e. The van der Waals surface area contributed by atoms with E-state index in [0.717, 1.165) is 0 Å². The molecule has 5 nitrogen and oxygen atoms in total. The number of carboxylic acids is 1. The van der Waals surface area contributed by atoms with Crippen molar-refractivity contribution in [2.75, 3.05) is 0 Å². The van der Waals surface area contributed by atoms with Gasteiger partial charge in [-0.3, -0.25) is 9.59 Å². The van der Waals surface area contributed by atoms with Gasteiger partial charge in [0.25, 0.3) is 0 Å². The summed E-state index contributed by atoms with van der Waals surface area (Å²) in [5.41, 5.74) is 5.10. The molecule has 0 bridgehead atoms. The minimum absolute atomic E-state index is 0.647. The van der Waals surface area contributed by atoms with E-state index >= 15 is 0 Å². The zero-order chi connectivity index (χ0) is 13.9. The molecule has 1 heterocycles. The van der Waals surface area contributed by atoms with Crippen LogP contribution < -0.4 is 5.73 Å². The first-order chi connectivity index (χ1) is 8.22. The highest BCUT2D eigenvalue weighted by molar-refractivity contribution is 7.10. The first-order valence-electron chi connectivity index (χ1n) is 5.47. The summed E-state index contributed by atoms with van der Waals surface area (Å²) in [7, 11) is 0. The van der Waals surface area contributed by atoms with Crippen LogP contribution in [0, 0.1) is 5.92 Å². The highest BCUT2D eigenvalue weighted by atomic mass is 32.1. The van der Waals surface area contributed by atoms with Crippen molar-refractivity contribution in [2.45, 2.75) is 32.4 Å². The Morgan fingerprint density at radius 2 is 2.06 bits per heavy atom. The number of hydrogen-bond acceptors (Lipinski definition) is 5. The second-order valence-electron chi connectivity index (χ2n) is 4.89. The Kier molecular flexibility index (Phi) is 4.48. The Morgan fingerprint density at radius 3 is 2.44 bits per heavy atom. The zero-order valence-corrected chi connectivity index (χ0v) is 11.4. The van der Waals surface area contributed by atoms with Crippen molar-refractivity contribution >= 4 is 23.3 Å². The number of esters is 1. The van der Waals surface area contributed by atoms with E-state index in [9.17, 15) is 9.59 Å². The number of carboxylic acid groups (broad SMARTS) is 1. The minimum Gasteiger partial charge on any atom is -0.481 e. The lowest BCUT2D eigenvalue weighted by Gasteiger charge is -2.24. The van der Waals surface area contributed by atoms with Gasteiger partial charge >= 0.3 is 11.9 Å². The van der Waals surface area contributed by atoms with Crippen LogP contribution in [0.4, 0.5) is 0 Å². The smallest absolute Gasteiger partial charge is 0.322 e. The third-order valence-corrected chi connectivity index (χ3v) is 3.13. The molecule has 1 unspecified atom stereocenters. The van der Waals surface area contributed by atoms with E-state index in [1.807, 2.05) is 0 Å². The molecule has 1 aromatic heterocycles. The predicted octanol–water partition coefficient (Wildman–Crippen LogP) is 1.79. The van der Waals surface area contributed by atoms with Gasteiger partial charge < -0.3 is 15.6 Å². The molecular formula is C12H17NO4S. The highest BCUT2D eigenvalue weighted by Crippen LogP contribution is 2.26. The van der Waals surface area contributed by atoms with E-state index in [2.05, 4.69) is 0 Å². The summed E-state index contributed by atoms with van der Waals surface area (Å²) in [4.78, 5) is 23.7. The van der Waals surface area contributed by atoms with Crippen LogP contribution in [0.3, 0.4) is 0 Å². The van der Waals surface area contributed by atoms with Crippen molar-refractivity contribution in [3.63, 3.8) is 0 Å². The largest absolute Gasteiger partial charge is 0.481 e. The molecule has 0 radical (unpaired) electrons. The number of aliphatic carboxylic acids is 1. The fourth-order valence-electron chi connectivity index (χ4n) is 1.41. The van der Waals surface area contributed by atoms with Crippen LogP contribution in [0.5, 0.6) is 0 Å². The average molecular weight is 271 g/mol. The topological polar surface area (TPSA) is 89.6 Å². The summed E-state index contributed by atoms with van der Waals surface area (Å²) in [6, 6.07) is 2.57. The molecule has 100 valence electrons. The number of hydrogen-bond donors (Lipinski definition) is 2. The number of ether oxygens (including phenoxy) is 1. The Labute approximate surface area is 110 Å². The molecule has 1 rings (SSSR count). The molecule has 0 spiro atoms. The molecule has 0 aliphatic rings. The molecule has 1 aromatic rings. The van der Waals surface area contributed by atoms with Gasteiger partial charge in [0.2, 0.25) is 0 Å². The lowest BCUT2D eigenvalue weighted by atomic mass is 9.99. The summed E-state index contributed by atoms with van der Waals surface area (Å²) >= 11 is 1.32. The first kappa shape index (κ1) is 14.7. The van der Waals surface area contributed by atoms with Crippen LogP contribution in [0.1, 0.15) is 31.7 Å². The summed E-state index contributed by atoms with van der Waals surface area (Å²) in [5, 5.41) is 10.9. The van der Waals surface area contributed by atoms with Gasteiger partial charge in [-0.1, -0.05) is 6.07 Å². The van der Waals surface area contributed by atoms with E-state index in [4.69, 9.17) is 15.6 Å². The van der Waals surface area contributed by atoms with Gasteiger partial charge in [-0.05, 0) is 32.2 Å². The monoisotopic (exact) mass is 271 g/mol. The molecular weight excluding hydrogens is 254 g/mol. The molecule has 2 atom stereocenters. The Bertz CT molecular complexity index is 422. The van der Waals surface area contributed by atoms with Gasteiger partial charge in [0, 0.05) is 4.88 Å². The Hall–Kier alpha value is -1.40. The first-order valence-corrected chi connectivity index (χ1v) is 6.35. The van der Waals surface area contributed by atoms with Crippen LogP contribution in [0.25, 0.3) is 0 Å². The van der Waals surface area contributed by atoms with E-state index in [-0.39, 0.29) is 0 Å². The van der Waals surface area contributed by atoms with Crippen LogP contribution in [0.2, 0.25) is 0 Å². The molecule has 18 heavy (non-hydrogen) atoms. The van der Waals surface area contributed by atoms with Gasteiger partial charge in [0.15, 0.2) is 5.92 Å². The van der Waals surface area contributed by atoms with Crippen LogP contribution in [-0.4, -0.2) is 22.6 Å². The van der Waals surface area contributed by atoms with Crippen molar-refractivity contribution < 1.29 is 19.4 Å². The maximum atomic E-state index is 11.9. The maximum absolute atomic E-state index is 11.9. The van der Waals surface area contributed by atoms with Gasteiger partial charge in [0.05, 0.1) is 6.04 Å². The quantitative estimate of drug-likeness (QED) is 0.643. The van der Waals surface area contributed by atoms with Crippen molar-refractivity contribution in [2.24, 2.45) is 11.7 Å². The molecule has 0 amide bonds. The second kappa shape index (κ2) is 5.49. The third kappa shape index (κ3) is 3.82. The lowest BCUT2D eigenvalue weighted by Crippen LogP contribution is -2.38. The minimum atomic E-state index is -1.39. The SMILES string of the molecule is CC(C)(C)OC(=O)[C@@H](C(=O)O)C(N)c1cccs1. The number of rotatable bonds is 4. The lowest BCUT2D eigenvalue weighted by molar-refractivity contribution is -0.167. The summed E-state index contributed by atoms with van der Waals surface area (Å²) in [6.07, 6.45) is 0. The van der Waals surface area contributed by atoms with Gasteiger partial charge in [-0.25, -0.2) is 0 Å². The summed E-state index contributed by atoms with van der Waals surface area (Å²) in [6.45, 7) is 5.04. The van der Waals surface area contributed by atoms with Gasteiger partial charge in [-0.2, -0.15) is 0 Å². The highest BCUT2D eigenvalue weighted by Gasteiger charge is 2.37. The van der Waals surface area contributed by atoms with E-state index in [1.54, 1.807) is 38.3 Å². The van der Waals surface area contributed by atoms with E-state index < -0.39 is 29.5 Å². The molecule has 6 heteroatoms. The summed E-state index contributed by atoms with van der Waals surface area (Å²) < 4.78 is 5.09. The standard InChI is InChI=1S/C12H17NO4S/c1-12(2,3)17-11(16)8(10(14)15)9(13)7-5-4-6-18-7/h4-6,8-9H,13H2,1-3H3,(H,14,15)/t8-,9?/m1/s1. The van der Waals surface area contributed by atoms with Gasteiger partial charge in [0.1, 0.15) is 5.60 Å². The van der Waals surface area contributed by atoms with Crippen LogP contribution in [0.15, 0.2) is 17.5 Å². The molecule has 0 aliphatic carbocycles. The Morgan fingerprint density at radius 1 is 1.44 bits per heavy atom. The number of thiophene rings is 1. The zero-order valence-electron chi connectivity index (χ0n) is 10.5. The molecule has 0 saturated carbocycles. The number of nitrogens with two attached hydrogens (primary N) is 1. The fourth-order valence-corrected chi connectivity index (χ4v) is 2.18. The number of carbonyl (C=O) groups excluding carboxylic acids is 1. The predicted molar refractivity (Wildman–Crippen MR) is 68.2 cm³/mol. The second-order valence-corrected chi connectivity index (χ2v) is 5.87. The van der Waals surface area contributed by atoms with Crippen LogP contribution >= 0.6 is 11.3 Å². The number of carbonyl (C=O) groups is 2. The van der Waals surface area contributed by atoms with Crippen LogP contribution in [-0.2, 0) is 14.3 Å².